The Bertz CT molecular complexity index is 306. The molecule has 2 rings (SSSR count). The quantitative estimate of drug-likeness (QED) is 0.548. The Morgan fingerprint density at radius 3 is 2.87 bits per heavy atom. The zero-order chi connectivity index (χ0) is 11.0. The van der Waals surface area contributed by atoms with Crippen LogP contribution in [0.4, 0.5) is 4.79 Å². The number of amides is 3. The van der Waals surface area contributed by atoms with E-state index >= 15 is 0 Å². The summed E-state index contributed by atoms with van der Waals surface area (Å²) in [5.41, 5.74) is 0. The topological polar surface area (TPSA) is 79.0 Å². The van der Waals surface area contributed by atoms with Gasteiger partial charge in [0.05, 0.1) is 0 Å². The van der Waals surface area contributed by atoms with Gasteiger partial charge in [0.1, 0.15) is 6.04 Å². The van der Waals surface area contributed by atoms with Gasteiger partial charge in [0.15, 0.2) is 0 Å². The fraction of sp³-hybridized carbons (Fsp3) is 0.625. The number of carbonyl (C=O) groups excluding carboxylic acids is 3. The van der Waals surface area contributed by atoms with Crippen molar-refractivity contribution in [2.75, 3.05) is 19.6 Å². The summed E-state index contributed by atoms with van der Waals surface area (Å²) < 4.78 is 0. The van der Waals surface area contributed by atoms with Gasteiger partial charge in [-0.1, -0.05) is 5.06 Å². The Labute approximate surface area is 85.9 Å². The number of nitrogens with one attached hydrogen (secondary N) is 1. The van der Waals surface area contributed by atoms with E-state index in [1.54, 1.807) is 0 Å². The number of nitrogens with zero attached hydrogens (tertiary/aromatic N) is 2. The SMILES string of the molecule is CC(=O)ON1C(=O)C2CNCCN2C1=O. The maximum Gasteiger partial charge on any atom is 0.361 e. The van der Waals surface area contributed by atoms with Crippen LogP contribution in [0.2, 0.25) is 0 Å². The summed E-state index contributed by atoms with van der Waals surface area (Å²) in [5, 5.41) is 3.54. The fourth-order valence-electron chi connectivity index (χ4n) is 1.71. The van der Waals surface area contributed by atoms with Crippen molar-refractivity contribution >= 4 is 17.9 Å². The van der Waals surface area contributed by atoms with E-state index in [4.69, 9.17) is 0 Å². The lowest BCUT2D eigenvalue weighted by atomic mass is 10.2. The van der Waals surface area contributed by atoms with Crippen LogP contribution < -0.4 is 5.32 Å². The summed E-state index contributed by atoms with van der Waals surface area (Å²) in [6, 6.07) is -1.09. The minimum atomic E-state index is -0.676. The molecule has 0 saturated carbocycles. The van der Waals surface area contributed by atoms with Gasteiger partial charge >= 0.3 is 12.0 Å². The Kier molecular flexibility index (Phi) is 2.31. The van der Waals surface area contributed by atoms with Gasteiger partial charge in [0, 0.05) is 26.6 Å². The molecule has 82 valence electrons. The van der Waals surface area contributed by atoms with Crippen molar-refractivity contribution in [1.82, 2.24) is 15.3 Å². The van der Waals surface area contributed by atoms with Crippen LogP contribution in [0, 0.1) is 0 Å². The summed E-state index contributed by atoms with van der Waals surface area (Å²) in [5.74, 6) is -1.16. The first kappa shape index (κ1) is 9.91. The first-order chi connectivity index (χ1) is 7.11. The molecule has 15 heavy (non-hydrogen) atoms. The molecule has 0 aliphatic carbocycles. The van der Waals surface area contributed by atoms with E-state index in [1.807, 2.05) is 0 Å². The molecule has 0 aromatic carbocycles. The molecular weight excluding hydrogens is 202 g/mol. The number of piperazine rings is 1. The number of carbonyl (C=O) groups is 3. The van der Waals surface area contributed by atoms with E-state index in [2.05, 4.69) is 10.2 Å². The average molecular weight is 213 g/mol. The first-order valence-corrected chi connectivity index (χ1v) is 4.65. The van der Waals surface area contributed by atoms with Crippen molar-refractivity contribution in [3.05, 3.63) is 0 Å². The Morgan fingerprint density at radius 1 is 1.53 bits per heavy atom. The lowest BCUT2D eigenvalue weighted by Gasteiger charge is -2.26. The largest absolute Gasteiger partial charge is 0.361 e. The van der Waals surface area contributed by atoms with E-state index in [0.29, 0.717) is 24.7 Å². The second-order valence-electron chi connectivity index (χ2n) is 3.41. The molecule has 3 amide bonds. The van der Waals surface area contributed by atoms with Crippen LogP contribution in [0.25, 0.3) is 0 Å². The number of hydroxylamine groups is 2. The highest BCUT2D eigenvalue weighted by Crippen LogP contribution is 2.19. The van der Waals surface area contributed by atoms with Crippen LogP contribution in [0.1, 0.15) is 6.92 Å². The van der Waals surface area contributed by atoms with Crippen molar-refractivity contribution in [2.24, 2.45) is 0 Å². The third kappa shape index (κ3) is 1.54. The van der Waals surface area contributed by atoms with Gasteiger partial charge in [0.2, 0.25) is 0 Å². The van der Waals surface area contributed by atoms with E-state index in [9.17, 15) is 14.4 Å². The van der Waals surface area contributed by atoms with Crippen molar-refractivity contribution < 1.29 is 19.2 Å². The minimum absolute atomic E-state index is 0.405. The normalized spacial score (nSPS) is 25.5. The summed E-state index contributed by atoms with van der Waals surface area (Å²) in [6.45, 7) is 2.65. The fourth-order valence-corrected chi connectivity index (χ4v) is 1.71. The Balaban J connectivity index is 2.17. The van der Waals surface area contributed by atoms with Crippen molar-refractivity contribution in [2.45, 2.75) is 13.0 Å². The molecule has 1 atom stereocenters. The summed E-state index contributed by atoms with van der Waals surface area (Å²) >= 11 is 0. The molecule has 2 aliphatic heterocycles. The highest BCUT2D eigenvalue weighted by atomic mass is 16.7. The van der Waals surface area contributed by atoms with Crippen molar-refractivity contribution in [3.63, 3.8) is 0 Å². The zero-order valence-corrected chi connectivity index (χ0v) is 8.23. The summed E-state index contributed by atoms with van der Waals surface area (Å²) in [7, 11) is 0. The van der Waals surface area contributed by atoms with Gasteiger partial charge in [-0.15, -0.1) is 0 Å². The zero-order valence-electron chi connectivity index (χ0n) is 8.23. The van der Waals surface area contributed by atoms with Gasteiger partial charge in [-0.2, -0.15) is 0 Å². The van der Waals surface area contributed by atoms with Crippen LogP contribution in [-0.2, 0) is 14.4 Å². The summed E-state index contributed by atoms with van der Waals surface area (Å²) in [4.78, 5) is 39.9. The lowest BCUT2D eigenvalue weighted by molar-refractivity contribution is -0.180. The van der Waals surface area contributed by atoms with Gasteiger partial charge in [0.25, 0.3) is 5.91 Å². The molecule has 7 nitrogen and oxygen atoms in total. The third-order valence-corrected chi connectivity index (χ3v) is 2.37. The Hall–Kier alpha value is -1.63. The molecule has 2 fully saturated rings. The highest BCUT2D eigenvalue weighted by molar-refractivity contribution is 6.04. The Morgan fingerprint density at radius 2 is 2.27 bits per heavy atom. The molecule has 0 spiro atoms. The van der Waals surface area contributed by atoms with Gasteiger partial charge < -0.3 is 15.1 Å². The van der Waals surface area contributed by atoms with E-state index < -0.39 is 23.9 Å². The number of hydrogen-bond acceptors (Lipinski definition) is 5. The monoisotopic (exact) mass is 213 g/mol. The molecule has 2 heterocycles. The van der Waals surface area contributed by atoms with Crippen LogP contribution in [-0.4, -0.2) is 53.5 Å². The van der Waals surface area contributed by atoms with Crippen LogP contribution in [0.15, 0.2) is 0 Å². The van der Waals surface area contributed by atoms with Gasteiger partial charge in [-0.05, 0) is 0 Å². The number of urea groups is 1. The molecule has 0 radical (unpaired) electrons. The second kappa shape index (κ2) is 3.50. The standard InChI is InChI=1S/C8H11N3O4/c1-5(12)15-11-7(13)6-4-9-2-3-10(6)8(11)14/h6,9H,2-4H2,1H3. The van der Waals surface area contributed by atoms with Gasteiger partial charge in [-0.25, -0.2) is 9.59 Å². The van der Waals surface area contributed by atoms with Gasteiger partial charge in [-0.3, -0.25) is 4.79 Å². The maximum absolute atomic E-state index is 11.6. The number of hydrogen-bond donors (Lipinski definition) is 1. The smallest absolute Gasteiger partial charge is 0.329 e. The molecule has 0 aromatic heterocycles. The molecule has 0 bridgehead atoms. The van der Waals surface area contributed by atoms with Crippen molar-refractivity contribution in [3.8, 4) is 0 Å². The van der Waals surface area contributed by atoms with Crippen LogP contribution in [0.5, 0.6) is 0 Å². The summed E-state index contributed by atoms with van der Waals surface area (Å²) in [6.07, 6.45) is 0. The molecule has 2 aliphatic rings. The van der Waals surface area contributed by atoms with E-state index in [-0.39, 0.29) is 0 Å². The second-order valence-corrected chi connectivity index (χ2v) is 3.41. The third-order valence-electron chi connectivity index (χ3n) is 2.37. The minimum Gasteiger partial charge on any atom is -0.329 e. The molecule has 2 saturated heterocycles. The molecule has 0 aromatic rings. The number of imide groups is 1. The maximum atomic E-state index is 11.6. The molecule has 7 heteroatoms. The van der Waals surface area contributed by atoms with E-state index in [0.717, 1.165) is 6.92 Å². The molecule has 1 unspecified atom stereocenters. The number of rotatable bonds is 1. The predicted octanol–water partition coefficient (Wildman–Crippen LogP) is -1.30. The van der Waals surface area contributed by atoms with Crippen LogP contribution >= 0.6 is 0 Å². The number of fused-ring (bicyclic) bond motifs is 1. The van der Waals surface area contributed by atoms with Crippen molar-refractivity contribution in [1.29, 1.82) is 0 Å². The molecular formula is C8H11N3O4. The van der Waals surface area contributed by atoms with Crippen LogP contribution in [0.3, 0.4) is 0 Å². The van der Waals surface area contributed by atoms with E-state index in [1.165, 1.54) is 4.90 Å². The highest BCUT2D eigenvalue weighted by Gasteiger charge is 2.48. The first-order valence-electron chi connectivity index (χ1n) is 4.65. The predicted molar refractivity (Wildman–Crippen MR) is 47.4 cm³/mol. The molecule has 1 N–H and O–H groups in total. The average Bonchev–Trinajstić information content (AvgIpc) is 2.44. The lowest BCUT2D eigenvalue weighted by Crippen LogP contribution is -2.51.